The van der Waals surface area contributed by atoms with Crippen LogP contribution in [0.5, 0.6) is 5.75 Å². The molecule has 0 saturated heterocycles. The molecule has 3 N–H and O–H groups in total. The standard InChI is InChI=1S/C21H24N4O4/c1-3-11-22-20(27)21(28)25-23-13-16-7-9-18(10-8-16)29-14-19(26)24-17-6-4-5-15(2)12-17/h4-10,12-13H,3,11,14H2,1-2H3,(H,22,27)(H,24,26)(H,25,28)/b23-13-. The van der Waals surface area contributed by atoms with E-state index >= 15 is 0 Å². The van der Waals surface area contributed by atoms with Crippen LogP contribution in [-0.2, 0) is 14.4 Å². The number of nitrogens with one attached hydrogen (secondary N) is 3. The normalized spacial score (nSPS) is 10.4. The topological polar surface area (TPSA) is 109 Å². The van der Waals surface area contributed by atoms with E-state index in [0.29, 0.717) is 17.9 Å². The third kappa shape index (κ3) is 7.84. The van der Waals surface area contributed by atoms with Crippen LogP contribution in [0.15, 0.2) is 53.6 Å². The summed E-state index contributed by atoms with van der Waals surface area (Å²) in [5.41, 5.74) is 4.62. The van der Waals surface area contributed by atoms with Crippen molar-refractivity contribution >= 4 is 29.6 Å². The first kappa shape index (κ1) is 21.6. The Balaban J connectivity index is 1.77. The second-order valence-corrected chi connectivity index (χ2v) is 6.23. The fraction of sp³-hybridized carbons (Fsp3) is 0.238. The largest absolute Gasteiger partial charge is 0.484 e. The number of rotatable bonds is 8. The molecule has 0 spiro atoms. The minimum Gasteiger partial charge on any atom is -0.484 e. The zero-order chi connectivity index (χ0) is 21.1. The van der Waals surface area contributed by atoms with Gasteiger partial charge in [-0.3, -0.25) is 14.4 Å². The molecular weight excluding hydrogens is 372 g/mol. The van der Waals surface area contributed by atoms with Crippen molar-refractivity contribution in [2.24, 2.45) is 5.10 Å². The van der Waals surface area contributed by atoms with Crippen LogP contribution in [0.3, 0.4) is 0 Å². The Morgan fingerprint density at radius 2 is 1.83 bits per heavy atom. The molecule has 3 amide bonds. The Bertz CT molecular complexity index is 879. The van der Waals surface area contributed by atoms with E-state index in [9.17, 15) is 14.4 Å². The second kappa shape index (κ2) is 11.2. The summed E-state index contributed by atoms with van der Waals surface area (Å²) < 4.78 is 5.46. The molecular formula is C21H24N4O4. The predicted molar refractivity (Wildman–Crippen MR) is 111 cm³/mol. The van der Waals surface area contributed by atoms with E-state index in [1.165, 1.54) is 6.21 Å². The van der Waals surface area contributed by atoms with Gasteiger partial charge in [-0.1, -0.05) is 19.1 Å². The molecule has 0 atom stereocenters. The van der Waals surface area contributed by atoms with Gasteiger partial charge >= 0.3 is 11.8 Å². The molecule has 8 nitrogen and oxygen atoms in total. The Morgan fingerprint density at radius 3 is 2.52 bits per heavy atom. The number of amides is 3. The SMILES string of the molecule is CCCNC(=O)C(=O)N/N=C\c1ccc(OCC(=O)Nc2cccc(C)c2)cc1. The highest BCUT2D eigenvalue weighted by atomic mass is 16.5. The Morgan fingerprint density at radius 1 is 1.07 bits per heavy atom. The number of carbonyl (C=O) groups is 3. The van der Waals surface area contributed by atoms with E-state index < -0.39 is 11.8 Å². The van der Waals surface area contributed by atoms with Gasteiger partial charge in [-0.15, -0.1) is 0 Å². The van der Waals surface area contributed by atoms with Gasteiger partial charge in [-0.25, -0.2) is 5.43 Å². The van der Waals surface area contributed by atoms with E-state index in [-0.39, 0.29) is 12.5 Å². The second-order valence-electron chi connectivity index (χ2n) is 6.23. The van der Waals surface area contributed by atoms with Gasteiger partial charge in [0.1, 0.15) is 5.75 Å². The Labute approximate surface area is 169 Å². The van der Waals surface area contributed by atoms with Crippen LogP contribution in [0.2, 0.25) is 0 Å². The van der Waals surface area contributed by atoms with Crippen molar-refractivity contribution in [2.75, 3.05) is 18.5 Å². The summed E-state index contributed by atoms with van der Waals surface area (Å²) >= 11 is 0. The van der Waals surface area contributed by atoms with Crippen molar-refractivity contribution in [3.05, 3.63) is 59.7 Å². The molecule has 0 radical (unpaired) electrons. The van der Waals surface area contributed by atoms with E-state index in [2.05, 4.69) is 21.2 Å². The van der Waals surface area contributed by atoms with Gasteiger partial charge in [-0.2, -0.15) is 5.10 Å². The fourth-order valence-corrected chi connectivity index (χ4v) is 2.25. The van der Waals surface area contributed by atoms with Gasteiger partial charge in [0, 0.05) is 12.2 Å². The highest BCUT2D eigenvalue weighted by molar-refractivity contribution is 6.35. The molecule has 0 heterocycles. The monoisotopic (exact) mass is 396 g/mol. The molecule has 0 aliphatic rings. The number of hydrogen-bond donors (Lipinski definition) is 3. The summed E-state index contributed by atoms with van der Waals surface area (Å²) in [5.74, 6) is -1.29. The van der Waals surface area contributed by atoms with Crippen molar-refractivity contribution in [2.45, 2.75) is 20.3 Å². The molecule has 0 bridgehead atoms. The molecule has 152 valence electrons. The molecule has 0 aliphatic carbocycles. The van der Waals surface area contributed by atoms with Crippen molar-refractivity contribution in [1.82, 2.24) is 10.7 Å². The summed E-state index contributed by atoms with van der Waals surface area (Å²) in [5, 5.41) is 8.96. The van der Waals surface area contributed by atoms with Gasteiger partial charge in [0.25, 0.3) is 5.91 Å². The van der Waals surface area contributed by atoms with Crippen LogP contribution in [-0.4, -0.2) is 37.1 Å². The maximum atomic E-state index is 12.0. The number of anilines is 1. The lowest BCUT2D eigenvalue weighted by atomic mass is 10.2. The molecule has 8 heteroatoms. The number of ether oxygens (including phenoxy) is 1. The lowest BCUT2D eigenvalue weighted by molar-refractivity contribution is -0.139. The minimum absolute atomic E-state index is 0.121. The van der Waals surface area contributed by atoms with Crippen molar-refractivity contribution in [3.63, 3.8) is 0 Å². The molecule has 29 heavy (non-hydrogen) atoms. The average molecular weight is 396 g/mol. The van der Waals surface area contributed by atoms with Gasteiger partial charge in [0.05, 0.1) is 6.21 Å². The Hall–Kier alpha value is -3.68. The summed E-state index contributed by atoms with van der Waals surface area (Å²) in [6.45, 7) is 4.15. The predicted octanol–water partition coefficient (Wildman–Crippen LogP) is 1.99. The summed E-state index contributed by atoms with van der Waals surface area (Å²) in [6.07, 6.45) is 2.14. The molecule has 0 aliphatic heterocycles. The zero-order valence-corrected chi connectivity index (χ0v) is 16.4. The van der Waals surface area contributed by atoms with E-state index in [4.69, 9.17) is 4.74 Å². The number of hydrogen-bond acceptors (Lipinski definition) is 5. The van der Waals surface area contributed by atoms with E-state index in [1.807, 2.05) is 38.1 Å². The van der Waals surface area contributed by atoms with Crippen LogP contribution >= 0.6 is 0 Å². The highest BCUT2D eigenvalue weighted by Gasteiger charge is 2.10. The van der Waals surface area contributed by atoms with Gasteiger partial charge < -0.3 is 15.4 Å². The third-order valence-corrected chi connectivity index (χ3v) is 3.67. The maximum Gasteiger partial charge on any atom is 0.329 e. The fourth-order valence-electron chi connectivity index (χ4n) is 2.25. The lowest BCUT2D eigenvalue weighted by Gasteiger charge is -2.08. The number of benzene rings is 2. The minimum atomic E-state index is -0.825. The smallest absolute Gasteiger partial charge is 0.329 e. The summed E-state index contributed by atoms with van der Waals surface area (Å²) in [7, 11) is 0. The van der Waals surface area contributed by atoms with Crippen molar-refractivity contribution in [3.8, 4) is 5.75 Å². The van der Waals surface area contributed by atoms with Crippen LogP contribution in [0.4, 0.5) is 5.69 Å². The number of aryl methyl sites for hydroxylation is 1. The van der Waals surface area contributed by atoms with Gasteiger partial charge in [0.15, 0.2) is 6.61 Å². The first-order chi connectivity index (χ1) is 14.0. The number of nitrogens with zero attached hydrogens (tertiary/aromatic N) is 1. The molecule has 2 aromatic rings. The first-order valence-electron chi connectivity index (χ1n) is 9.18. The van der Waals surface area contributed by atoms with Gasteiger partial charge in [0.2, 0.25) is 0 Å². The Kier molecular flexibility index (Phi) is 8.37. The number of carbonyl (C=O) groups excluding carboxylic acids is 3. The number of hydrazone groups is 1. The van der Waals surface area contributed by atoms with Crippen molar-refractivity contribution < 1.29 is 19.1 Å². The molecule has 0 aromatic heterocycles. The zero-order valence-electron chi connectivity index (χ0n) is 16.4. The lowest BCUT2D eigenvalue weighted by Crippen LogP contribution is -2.38. The molecule has 0 unspecified atom stereocenters. The quantitative estimate of drug-likeness (QED) is 0.360. The maximum absolute atomic E-state index is 12.0. The molecule has 2 rings (SSSR count). The van der Waals surface area contributed by atoms with Crippen molar-refractivity contribution in [1.29, 1.82) is 0 Å². The molecule has 2 aromatic carbocycles. The van der Waals surface area contributed by atoms with E-state index in [1.54, 1.807) is 24.3 Å². The van der Waals surface area contributed by atoms with Crippen LogP contribution in [0.1, 0.15) is 24.5 Å². The first-order valence-corrected chi connectivity index (χ1v) is 9.18. The van der Waals surface area contributed by atoms with Crippen LogP contribution < -0.4 is 20.8 Å². The van der Waals surface area contributed by atoms with Crippen LogP contribution in [0.25, 0.3) is 0 Å². The van der Waals surface area contributed by atoms with E-state index in [0.717, 1.165) is 17.7 Å². The molecule has 0 fully saturated rings. The molecule has 0 saturated carbocycles. The highest BCUT2D eigenvalue weighted by Crippen LogP contribution is 2.12. The van der Waals surface area contributed by atoms with Gasteiger partial charge in [-0.05, 0) is 60.9 Å². The summed E-state index contributed by atoms with van der Waals surface area (Å²) in [4.78, 5) is 34.9. The average Bonchev–Trinajstić information content (AvgIpc) is 2.71. The third-order valence-electron chi connectivity index (χ3n) is 3.67. The summed E-state index contributed by atoms with van der Waals surface area (Å²) in [6, 6.07) is 14.3. The van der Waals surface area contributed by atoms with Crippen LogP contribution in [0, 0.1) is 6.92 Å².